The van der Waals surface area contributed by atoms with Crippen molar-refractivity contribution in [3.05, 3.63) is 53.9 Å². The van der Waals surface area contributed by atoms with Crippen molar-refractivity contribution in [3.8, 4) is 0 Å². The summed E-state index contributed by atoms with van der Waals surface area (Å²) in [5.41, 5.74) is 6.64. The van der Waals surface area contributed by atoms with Crippen LogP contribution in [0.15, 0.2) is 42.6 Å². The van der Waals surface area contributed by atoms with E-state index in [0.717, 1.165) is 11.3 Å². The highest BCUT2D eigenvalue weighted by Gasteiger charge is 2.42. The number of carbonyl (C=O) groups excluding carboxylic acids is 1. The highest BCUT2D eigenvalue weighted by atomic mass is 16.5. The van der Waals surface area contributed by atoms with Crippen molar-refractivity contribution in [2.24, 2.45) is 11.7 Å². The molecule has 20 heavy (non-hydrogen) atoms. The van der Waals surface area contributed by atoms with Crippen LogP contribution in [0.3, 0.4) is 0 Å². The van der Waals surface area contributed by atoms with Crippen molar-refractivity contribution in [3.63, 3.8) is 0 Å². The average Bonchev–Trinajstić information content (AvgIpc) is 3.32. The van der Waals surface area contributed by atoms with Gasteiger partial charge in [0.2, 0.25) is 5.91 Å². The van der Waals surface area contributed by atoms with Crippen LogP contribution in [-0.2, 0) is 15.1 Å². The van der Waals surface area contributed by atoms with Gasteiger partial charge in [0.05, 0.1) is 5.92 Å². The Morgan fingerprint density at radius 2 is 2.20 bits per heavy atom. The fourth-order valence-corrected chi connectivity index (χ4v) is 2.77. The fourth-order valence-electron chi connectivity index (χ4n) is 2.77. The molecule has 0 spiro atoms. The van der Waals surface area contributed by atoms with Gasteiger partial charge in [-0.2, -0.15) is 0 Å². The van der Waals surface area contributed by atoms with Crippen molar-refractivity contribution in [2.45, 2.75) is 24.4 Å². The van der Waals surface area contributed by atoms with Crippen LogP contribution in [0.25, 0.3) is 0 Å². The second kappa shape index (κ2) is 4.87. The minimum absolute atomic E-state index is 0.404. The number of ether oxygens (including phenoxy) is 1. The number of nitrogens with zero attached hydrogens (tertiary/aromatic N) is 1. The molecule has 2 aliphatic rings. The first kappa shape index (κ1) is 13.1. The third-order valence-corrected chi connectivity index (χ3v) is 4.10. The Bertz CT molecular complexity index is 573. The first-order chi connectivity index (χ1) is 9.67. The number of amides is 1. The predicted molar refractivity (Wildman–Crippen MR) is 75.9 cm³/mol. The van der Waals surface area contributed by atoms with Crippen LogP contribution in [0, 0.1) is 5.92 Å². The maximum absolute atomic E-state index is 11.7. The molecule has 4 nitrogen and oxygen atoms in total. The molecule has 1 fully saturated rings. The van der Waals surface area contributed by atoms with Crippen LogP contribution in [0.1, 0.15) is 30.0 Å². The van der Waals surface area contributed by atoms with E-state index in [4.69, 9.17) is 10.5 Å². The van der Waals surface area contributed by atoms with Crippen molar-refractivity contribution in [1.29, 1.82) is 0 Å². The monoisotopic (exact) mass is 270 g/mol. The van der Waals surface area contributed by atoms with E-state index in [1.54, 1.807) is 19.4 Å². The largest absolute Gasteiger partial charge is 0.369 e. The zero-order chi connectivity index (χ0) is 14.2. The van der Waals surface area contributed by atoms with Crippen molar-refractivity contribution in [2.75, 3.05) is 7.11 Å². The number of carbonyl (C=O) groups is 1. The van der Waals surface area contributed by atoms with Gasteiger partial charge < -0.3 is 10.5 Å². The number of nitrogens with two attached hydrogens (primary N) is 1. The lowest BCUT2D eigenvalue weighted by molar-refractivity contribution is -0.128. The molecule has 0 radical (unpaired) electrons. The molecule has 1 amide bonds. The summed E-state index contributed by atoms with van der Waals surface area (Å²) in [6.45, 7) is 0. The van der Waals surface area contributed by atoms with E-state index in [-0.39, 0.29) is 0 Å². The topological polar surface area (TPSA) is 65.2 Å². The minimum atomic E-state index is -0.852. The normalized spacial score (nSPS) is 28.6. The zero-order valence-electron chi connectivity index (χ0n) is 11.5. The number of hydrogen-bond acceptors (Lipinski definition) is 3. The molecule has 2 N–H and O–H groups in total. The maximum atomic E-state index is 11.7. The summed E-state index contributed by atoms with van der Waals surface area (Å²) in [5, 5.41) is 0. The Morgan fingerprint density at radius 3 is 2.75 bits per heavy atom. The van der Waals surface area contributed by atoms with Gasteiger partial charge in [-0.25, -0.2) is 0 Å². The molecule has 0 aliphatic heterocycles. The van der Waals surface area contributed by atoms with E-state index in [1.807, 2.05) is 30.4 Å². The molecule has 3 rings (SSSR count). The molecule has 2 atom stereocenters. The summed E-state index contributed by atoms with van der Waals surface area (Å²) in [5.74, 6) is -0.318. The van der Waals surface area contributed by atoms with E-state index in [9.17, 15) is 4.79 Å². The SMILES string of the molecule is COC1(c2ccc(C3CC3)nc2)C=CC=CC1C(N)=O. The number of methoxy groups -OCH3 is 1. The van der Waals surface area contributed by atoms with Crippen LogP contribution in [0.2, 0.25) is 0 Å². The summed E-state index contributed by atoms with van der Waals surface area (Å²) >= 11 is 0. The van der Waals surface area contributed by atoms with E-state index in [2.05, 4.69) is 4.98 Å². The van der Waals surface area contributed by atoms with Gasteiger partial charge >= 0.3 is 0 Å². The molecule has 2 aliphatic carbocycles. The van der Waals surface area contributed by atoms with Crippen LogP contribution in [0.4, 0.5) is 0 Å². The summed E-state index contributed by atoms with van der Waals surface area (Å²) in [7, 11) is 1.59. The van der Waals surface area contributed by atoms with Crippen LogP contribution in [-0.4, -0.2) is 18.0 Å². The molecular formula is C16H18N2O2. The van der Waals surface area contributed by atoms with Gasteiger partial charge in [0.25, 0.3) is 0 Å². The molecule has 1 saturated carbocycles. The van der Waals surface area contributed by atoms with Gasteiger partial charge in [-0.05, 0) is 25.0 Å². The molecule has 2 unspecified atom stereocenters. The summed E-state index contributed by atoms with van der Waals surface area (Å²) in [6, 6.07) is 4.02. The number of primary amides is 1. The average molecular weight is 270 g/mol. The second-order valence-corrected chi connectivity index (χ2v) is 5.37. The van der Waals surface area contributed by atoms with Gasteiger partial charge in [0.1, 0.15) is 5.60 Å². The Hall–Kier alpha value is -1.94. The number of hydrogen-bond donors (Lipinski definition) is 1. The van der Waals surface area contributed by atoms with Crippen LogP contribution >= 0.6 is 0 Å². The zero-order valence-corrected chi connectivity index (χ0v) is 11.5. The van der Waals surface area contributed by atoms with E-state index in [0.29, 0.717) is 5.92 Å². The molecule has 1 aromatic rings. The lowest BCUT2D eigenvalue weighted by atomic mass is 9.78. The lowest BCUT2D eigenvalue weighted by Crippen LogP contribution is -2.43. The van der Waals surface area contributed by atoms with Crippen molar-refractivity contribution >= 4 is 5.91 Å². The predicted octanol–water partition coefficient (Wildman–Crippen LogP) is 2.03. The molecule has 0 aromatic carbocycles. The third kappa shape index (κ3) is 2.06. The van der Waals surface area contributed by atoms with Gasteiger partial charge in [-0.15, -0.1) is 0 Å². The van der Waals surface area contributed by atoms with E-state index in [1.165, 1.54) is 12.8 Å². The fraction of sp³-hybridized carbons (Fsp3) is 0.375. The van der Waals surface area contributed by atoms with Gasteiger partial charge in [-0.1, -0.05) is 24.3 Å². The molecule has 1 heterocycles. The summed E-state index contributed by atoms with van der Waals surface area (Å²) in [6.07, 6.45) is 11.6. The first-order valence-corrected chi connectivity index (χ1v) is 6.84. The van der Waals surface area contributed by atoms with Crippen molar-refractivity contribution in [1.82, 2.24) is 4.98 Å². The number of rotatable bonds is 4. The van der Waals surface area contributed by atoms with E-state index < -0.39 is 17.4 Å². The molecule has 1 aromatic heterocycles. The minimum Gasteiger partial charge on any atom is -0.369 e. The quantitative estimate of drug-likeness (QED) is 0.910. The molecule has 0 saturated heterocycles. The Labute approximate surface area is 118 Å². The lowest BCUT2D eigenvalue weighted by Gasteiger charge is -2.35. The Balaban J connectivity index is 2.00. The smallest absolute Gasteiger partial charge is 0.227 e. The highest BCUT2D eigenvalue weighted by molar-refractivity contribution is 5.81. The number of pyridine rings is 1. The van der Waals surface area contributed by atoms with Crippen LogP contribution < -0.4 is 5.73 Å². The maximum Gasteiger partial charge on any atom is 0.227 e. The number of aromatic nitrogens is 1. The molecule has 104 valence electrons. The summed E-state index contributed by atoms with van der Waals surface area (Å²) in [4.78, 5) is 16.2. The van der Waals surface area contributed by atoms with Gasteiger partial charge in [0.15, 0.2) is 0 Å². The van der Waals surface area contributed by atoms with E-state index >= 15 is 0 Å². The third-order valence-electron chi connectivity index (χ3n) is 4.10. The molecular weight excluding hydrogens is 252 g/mol. The van der Waals surface area contributed by atoms with Crippen molar-refractivity contribution < 1.29 is 9.53 Å². The Kier molecular flexibility index (Phi) is 3.18. The van der Waals surface area contributed by atoms with Gasteiger partial charge in [-0.3, -0.25) is 9.78 Å². The van der Waals surface area contributed by atoms with Crippen LogP contribution in [0.5, 0.6) is 0 Å². The number of allylic oxidation sites excluding steroid dienone is 2. The molecule has 0 bridgehead atoms. The summed E-state index contributed by atoms with van der Waals surface area (Å²) < 4.78 is 5.68. The first-order valence-electron chi connectivity index (χ1n) is 6.84. The highest BCUT2D eigenvalue weighted by Crippen LogP contribution is 2.41. The standard InChI is InChI=1S/C16H18N2O2/c1-20-16(9-3-2-4-13(16)15(17)19)12-7-8-14(18-10-12)11-5-6-11/h2-4,7-11,13H,5-6H2,1H3,(H2,17,19). The molecule has 4 heteroatoms. The van der Waals surface area contributed by atoms with Gasteiger partial charge in [0, 0.05) is 30.5 Å². The Morgan fingerprint density at radius 1 is 1.40 bits per heavy atom. The second-order valence-electron chi connectivity index (χ2n) is 5.37.